The highest BCUT2D eigenvalue weighted by Gasteiger charge is 2.33. The van der Waals surface area contributed by atoms with E-state index in [0.717, 1.165) is 35.0 Å². The molecule has 0 aromatic carbocycles. The maximum absolute atomic E-state index is 12.7. The van der Waals surface area contributed by atoms with Gasteiger partial charge in [0, 0.05) is 12.6 Å². The van der Waals surface area contributed by atoms with Crippen LogP contribution in [0.25, 0.3) is 0 Å². The van der Waals surface area contributed by atoms with Crippen molar-refractivity contribution >= 4 is 37.3 Å². The zero-order chi connectivity index (χ0) is 14.0. The van der Waals surface area contributed by atoms with E-state index in [9.17, 15) is 8.42 Å². The van der Waals surface area contributed by atoms with Gasteiger partial charge < -0.3 is 0 Å². The van der Waals surface area contributed by atoms with Gasteiger partial charge in [0.25, 0.3) is 10.0 Å². The summed E-state index contributed by atoms with van der Waals surface area (Å²) in [6.45, 7) is 5.99. The Bertz CT molecular complexity index is 540. The minimum absolute atomic E-state index is 0.129. The van der Waals surface area contributed by atoms with Gasteiger partial charge in [0.05, 0.1) is 3.79 Å². The second-order valence-electron chi connectivity index (χ2n) is 4.82. The second kappa shape index (κ2) is 6.08. The first-order valence-corrected chi connectivity index (χ1v) is 9.40. The molecule has 6 heteroatoms. The number of thiophene rings is 1. The highest BCUT2D eigenvalue weighted by atomic mass is 79.9. The van der Waals surface area contributed by atoms with E-state index in [0.29, 0.717) is 10.8 Å². The topological polar surface area (TPSA) is 37.4 Å². The van der Waals surface area contributed by atoms with Gasteiger partial charge in [-0.1, -0.05) is 18.9 Å². The molecule has 1 aromatic rings. The van der Waals surface area contributed by atoms with Gasteiger partial charge in [-0.2, -0.15) is 4.31 Å². The molecule has 0 amide bonds. The molecule has 0 bridgehead atoms. The minimum atomic E-state index is -3.40. The van der Waals surface area contributed by atoms with Gasteiger partial charge >= 0.3 is 0 Å². The standard InChI is InChI=1S/C13H18BrNO2S2/c1-3-8-15(11-6-4-5-7-11)19(16,17)12-9-10(2)13(14)18-12/h3,9,11H,1,4-8H2,2H3. The first kappa shape index (κ1) is 15.2. The summed E-state index contributed by atoms with van der Waals surface area (Å²) in [5.74, 6) is 0. The van der Waals surface area contributed by atoms with Gasteiger partial charge in [-0.05, 0) is 47.3 Å². The molecule has 19 heavy (non-hydrogen) atoms. The van der Waals surface area contributed by atoms with Crippen LogP contribution in [0.4, 0.5) is 0 Å². The van der Waals surface area contributed by atoms with Crippen LogP contribution in [0.2, 0.25) is 0 Å². The summed E-state index contributed by atoms with van der Waals surface area (Å²) in [6.07, 6.45) is 5.81. The summed E-state index contributed by atoms with van der Waals surface area (Å²) in [5.41, 5.74) is 0.966. The van der Waals surface area contributed by atoms with Crippen molar-refractivity contribution in [3.05, 3.63) is 28.1 Å². The maximum atomic E-state index is 12.7. The van der Waals surface area contributed by atoms with Gasteiger partial charge in [0.15, 0.2) is 0 Å². The number of halogens is 1. The van der Waals surface area contributed by atoms with Gasteiger partial charge in [-0.15, -0.1) is 17.9 Å². The molecule has 106 valence electrons. The molecule has 0 N–H and O–H groups in total. The van der Waals surface area contributed by atoms with E-state index < -0.39 is 10.0 Å². The molecular weight excluding hydrogens is 346 g/mol. The SMILES string of the molecule is C=CCN(C1CCCC1)S(=O)(=O)c1cc(C)c(Br)s1. The largest absolute Gasteiger partial charge is 0.253 e. The lowest BCUT2D eigenvalue weighted by Crippen LogP contribution is -2.38. The van der Waals surface area contributed by atoms with Crippen LogP contribution in [-0.4, -0.2) is 25.3 Å². The first-order valence-electron chi connectivity index (χ1n) is 6.35. The highest BCUT2D eigenvalue weighted by Crippen LogP contribution is 2.35. The molecule has 1 aliphatic rings. The molecule has 0 spiro atoms. The first-order chi connectivity index (χ1) is 8.96. The van der Waals surface area contributed by atoms with E-state index in [4.69, 9.17) is 0 Å². The predicted molar refractivity (Wildman–Crippen MR) is 83.1 cm³/mol. The molecule has 1 fully saturated rings. The summed E-state index contributed by atoms with van der Waals surface area (Å²) in [7, 11) is -3.40. The number of sulfonamides is 1. The average molecular weight is 364 g/mol. The molecule has 1 aliphatic carbocycles. The summed E-state index contributed by atoms with van der Waals surface area (Å²) in [5, 5.41) is 0. The molecule has 0 saturated heterocycles. The van der Waals surface area contributed by atoms with Crippen LogP contribution in [0.5, 0.6) is 0 Å². The number of hydrogen-bond acceptors (Lipinski definition) is 3. The lowest BCUT2D eigenvalue weighted by Gasteiger charge is -2.26. The normalized spacial score (nSPS) is 17.2. The Morgan fingerprint density at radius 2 is 2.16 bits per heavy atom. The minimum Gasteiger partial charge on any atom is -0.206 e. The number of rotatable bonds is 5. The van der Waals surface area contributed by atoms with Crippen LogP contribution in [0.15, 0.2) is 26.7 Å². The van der Waals surface area contributed by atoms with Crippen LogP contribution in [0, 0.1) is 6.92 Å². The zero-order valence-corrected chi connectivity index (χ0v) is 14.2. The van der Waals surface area contributed by atoms with E-state index in [-0.39, 0.29) is 6.04 Å². The van der Waals surface area contributed by atoms with Gasteiger partial charge in [0.2, 0.25) is 0 Å². The van der Waals surface area contributed by atoms with Gasteiger partial charge in [0.1, 0.15) is 4.21 Å². The number of hydrogen-bond donors (Lipinski definition) is 0. The van der Waals surface area contributed by atoms with Crippen molar-refractivity contribution in [2.75, 3.05) is 6.54 Å². The van der Waals surface area contributed by atoms with E-state index in [1.54, 1.807) is 16.4 Å². The van der Waals surface area contributed by atoms with E-state index in [1.807, 2.05) is 6.92 Å². The van der Waals surface area contributed by atoms with Crippen LogP contribution >= 0.6 is 27.3 Å². The van der Waals surface area contributed by atoms with Crippen LogP contribution in [-0.2, 0) is 10.0 Å². The third kappa shape index (κ3) is 3.12. The van der Waals surface area contributed by atoms with Crippen molar-refractivity contribution in [1.82, 2.24) is 4.31 Å². The third-order valence-corrected chi connectivity index (χ3v) is 7.94. The monoisotopic (exact) mass is 363 g/mol. The highest BCUT2D eigenvalue weighted by molar-refractivity contribution is 9.11. The van der Waals surface area contributed by atoms with Crippen molar-refractivity contribution < 1.29 is 8.42 Å². The number of nitrogens with zero attached hydrogens (tertiary/aromatic N) is 1. The Balaban J connectivity index is 2.35. The summed E-state index contributed by atoms with van der Waals surface area (Å²) in [6, 6.07) is 1.87. The Morgan fingerprint density at radius 1 is 1.53 bits per heavy atom. The third-order valence-electron chi connectivity index (χ3n) is 3.44. The number of aryl methyl sites for hydroxylation is 1. The van der Waals surface area contributed by atoms with Crippen molar-refractivity contribution in [1.29, 1.82) is 0 Å². The Hall–Kier alpha value is -0.170. The summed E-state index contributed by atoms with van der Waals surface area (Å²) < 4.78 is 28.4. The molecule has 0 atom stereocenters. The lowest BCUT2D eigenvalue weighted by atomic mass is 10.2. The van der Waals surface area contributed by atoms with Gasteiger partial charge in [-0.3, -0.25) is 0 Å². The predicted octanol–water partition coefficient (Wildman–Crippen LogP) is 3.94. The lowest BCUT2D eigenvalue weighted by molar-refractivity contribution is 0.348. The molecule has 1 aromatic heterocycles. The Morgan fingerprint density at radius 3 is 2.63 bits per heavy atom. The molecule has 0 radical (unpaired) electrons. The van der Waals surface area contributed by atoms with Crippen molar-refractivity contribution in [2.45, 2.75) is 42.9 Å². The maximum Gasteiger partial charge on any atom is 0.253 e. The van der Waals surface area contributed by atoms with E-state index in [2.05, 4.69) is 22.5 Å². The Labute approximate surface area is 127 Å². The van der Waals surface area contributed by atoms with Crippen molar-refractivity contribution in [2.24, 2.45) is 0 Å². The average Bonchev–Trinajstić information content (AvgIpc) is 2.97. The zero-order valence-electron chi connectivity index (χ0n) is 10.9. The molecule has 2 rings (SSSR count). The smallest absolute Gasteiger partial charge is 0.206 e. The fraction of sp³-hybridized carbons (Fsp3) is 0.538. The van der Waals surface area contributed by atoms with Gasteiger partial charge in [-0.25, -0.2) is 8.42 Å². The van der Waals surface area contributed by atoms with Crippen LogP contribution in [0.1, 0.15) is 31.2 Å². The summed E-state index contributed by atoms with van der Waals surface area (Å²) >= 11 is 4.68. The fourth-order valence-electron chi connectivity index (χ4n) is 2.44. The molecule has 0 aliphatic heterocycles. The molecular formula is C13H18BrNO2S2. The quantitative estimate of drug-likeness (QED) is 0.743. The van der Waals surface area contributed by atoms with E-state index in [1.165, 1.54) is 11.3 Å². The van der Waals surface area contributed by atoms with Crippen LogP contribution < -0.4 is 0 Å². The van der Waals surface area contributed by atoms with E-state index >= 15 is 0 Å². The summed E-state index contributed by atoms with van der Waals surface area (Å²) in [4.78, 5) is 0. The van der Waals surface area contributed by atoms with Crippen molar-refractivity contribution in [3.8, 4) is 0 Å². The second-order valence-corrected chi connectivity index (χ2v) is 9.31. The molecule has 1 saturated carbocycles. The Kier molecular flexibility index (Phi) is 4.87. The molecule has 1 heterocycles. The van der Waals surface area contributed by atoms with Crippen molar-refractivity contribution in [3.63, 3.8) is 0 Å². The fourth-order valence-corrected chi connectivity index (χ4v) is 6.45. The molecule has 0 unspecified atom stereocenters. The van der Waals surface area contributed by atoms with Crippen LogP contribution in [0.3, 0.4) is 0 Å². The molecule has 3 nitrogen and oxygen atoms in total.